The van der Waals surface area contributed by atoms with E-state index in [0.717, 1.165) is 12.2 Å². The molecule has 1 aliphatic carbocycles. The van der Waals surface area contributed by atoms with Crippen molar-refractivity contribution in [3.8, 4) is 0 Å². The van der Waals surface area contributed by atoms with Gasteiger partial charge in [0.2, 0.25) is 5.91 Å². The molecule has 0 unspecified atom stereocenters. The van der Waals surface area contributed by atoms with Gasteiger partial charge in [0.15, 0.2) is 5.82 Å². The standard InChI is InChI=1S/C13H19F3N4O2/c1-2-10-18-12(20-19-10)7-3-8(9(21)4-7)6-17-11(22)5-13(14,15)16/h7-9,21H,2-6H2,1H3,(H,17,22)(H,18,19,20)/t7-,8+,9+/m0/s1. The summed E-state index contributed by atoms with van der Waals surface area (Å²) < 4.78 is 36.2. The molecule has 0 spiro atoms. The normalized spacial score (nSPS) is 25.4. The molecule has 0 aromatic carbocycles. The Labute approximate surface area is 125 Å². The van der Waals surface area contributed by atoms with Crippen LogP contribution in [0.4, 0.5) is 13.2 Å². The summed E-state index contributed by atoms with van der Waals surface area (Å²) in [6.07, 6.45) is -5.00. The summed E-state index contributed by atoms with van der Waals surface area (Å²) in [7, 11) is 0. The molecule has 0 radical (unpaired) electrons. The fourth-order valence-electron chi connectivity index (χ4n) is 2.67. The molecule has 3 N–H and O–H groups in total. The van der Waals surface area contributed by atoms with Gasteiger partial charge in [-0.1, -0.05) is 6.92 Å². The van der Waals surface area contributed by atoms with Gasteiger partial charge in [-0.2, -0.15) is 18.3 Å². The van der Waals surface area contributed by atoms with Crippen molar-refractivity contribution >= 4 is 5.91 Å². The third-order valence-electron chi connectivity index (χ3n) is 3.83. The number of nitrogens with zero attached hydrogens (tertiary/aromatic N) is 2. The highest BCUT2D eigenvalue weighted by Gasteiger charge is 2.37. The molecule has 9 heteroatoms. The number of nitrogens with one attached hydrogen (secondary N) is 2. The number of carbonyl (C=O) groups is 1. The number of carbonyl (C=O) groups excluding carboxylic acids is 1. The number of rotatable bonds is 5. The highest BCUT2D eigenvalue weighted by molar-refractivity contribution is 5.76. The third kappa shape index (κ3) is 4.43. The lowest BCUT2D eigenvalue weighted by Gasteiger charge is -2.15. The monoisotopic (exact) mass is 320 g/mol. The number of amides is 1. The van der Waals surface area contributed by atoms with Crippen molar-refractivity contribution in [3.05, 3.63) is 11.6 Å². The van der Waals surface area contributed by atoms with Gasteiger partial charge < -0.3 is 10.4 Å². The van der Waals surface area contributed by atoms with Crippen molar-refractivity contribution in [2.24, 2.45) is 5.92 Å². The SMILES string of the molecule is CCc1nc([C@H]2C[C@H](CNC(=O)CC(F)(F)F)[C@H](O)C2)n[nH]1. The smallest absolute Gasteiger partial charge is 0.393 e. The van der Waals surface area contributed by atoms with Crippen molar-refractivity contribution in [2.75, 3.05) is 6.54 Å². The quantitative estimate of drug-likeness (QED) is 0.762. The zero-order valence-electron chi connectivity index (χ0n) is 12.2. The Morgan fingerprint density at radius 1 is 1.45 bits per heavy atom. The van der Waals surface area contributed by atoms with Crippen LogP contribution in [0.5, 0.6) is 0 Å². The highest BCUT2D eigenvalue weighted by Crippen LogP contribution is 2.36. The molecule has 0 saturated heterocycles. The molecule has 1 aliphatic rings. The van der Waals surface area contributed by atoms with E-state index in [4.69, 9.17) is 0 Å². The predicted molar refractivity (Wildman–Crippen MR) is 70.9 cm³/mol. The van der Waals surface area contributed by atoms with E-state index >= 15 is 0 Å². The van der Waals surface area contributed by atoms with Gasteiger partial charge in [-0.05, 0) is 12.8 Å². The Kier molecular flexibility index (Phi) is 5.05. The van der Waals surface area contributed by atoms with Crippen molar-refractivity contribution in [3.63, 3.8) is 0 Å². The molecule has 1 heterocycles. The number of H-pyrrole nitrogens is 1. The lowest BCUT2D eigenvalue weighted by molar-refractivity contribution is -0.153. The van der Waals surface area contributed by atoms with E-state index in [0.29, 0.717) is 18.7 Å². The van der Waals surface area contributed by atoms with Gasteiger partial charge in [-0.25, -0.2) is 4.98 Å². The molecule has 2 rings (SSSR count). The summed E-state index contributed by atoms with van der Waals surface area (Å²) in [6, 6.07) is 0. The summed E-state index contributed by atoms with van der Waals surface area (Å²) in [5.74, 6) is -0.0393. The van der Waals surface area contributed by atoms with Crippen LogP contribution < -0.4 is 5.32 Å². The van der Waals surface area contributed by atoms with E-state index in [2.05, 4.69) is 20.5 Å². The van der Waals surface area contributed by atoms with Gasteiger partial charge >= 0.3 is 6.18 Å². The first-order valence-corrected chi connectivity index (χ1v) is 7.21. The van der Waals surface area contributed by atoms with Crippen LogP contribution in [0.25, 0.3) is 0 Å². The number of aromatic amines is 1. The topological polar surface area (TPSA) is 90.9 Å². The Hall–Kier alpha value is -1.64. The maximum atomic E-state index is 12.1. The van der Waals surface area contributed by atoms with Gasteiger partial charge in [0.1, 0.15) is 12.2 Å². The first-order chi connectivity index (χ1) is 10.3. The Morgan fingerprint density at radius 3 is 2.77 bits per heavy atom. The lowest BCUT2D eigenvalue weighted by atomic mass is 10.0. The highest BCUT2D eigenvalue weighted by atomic mass is 19.4. The number of aromatic nitrogens is 3. The minimum atomic E-state index is -4.52. The number of aliphatic hydroxyl groups excluding tert-OH is 1. The summed E-state index contributed by atoms with van der Waals surface area (Å²) >= 11 is 0. The largest absolute Gasteiger partial charge is 0.397 e. The number of hydrogen-bond acceptors (Lipinski definition) is 4. The average molecular weight is 320 g/mol. The predicted octanol–water partition coefficient (Wildman–Crippen LogP) is 1.29. The maximum Gasteiger partial charge on any atom is 0.397 e. The molecule has 1 fully saturated rings. The summed E-state index contributed by atoms with van der Waals surface area (Å²) in [4.78, 5) is 15.5. The molecule has 124 valence electrons. The number of aliphatic hydroxyl groups is 1. The van der Waals surface area contributed by atoms with Crippen LogP contribution in [0.15, 0.2) is 0 Å². The van der Waals surface area contributed by atoms with Crippen molar-refractivity contribution in [2.45, 2.75) is 50.8 Å². The molecule has 6 nitrogen and oxygen atoms in total. The van der Waals surface area contributed by atoms with E-state index in [-0.39, 0.29) is 18.4 Å². The van der Waals surface area contributed by atoms with Crippen LogP contribution in [0.2, 0.25) is 0 Å². The van der Waals surface area contributed by atoms with Gasteiger partial charge in [-0.3, -0.25) is 9.89 Å². The molecule has 0 aliphatic heterocycles. The minimum Gasteiger partial charge on any atom is -0.393 e. The van der Waals surface area contributed by atoms with Crippen LogP contribution in [-0.2, 0) is 11.2 Å². The second kappa shape index (κ2) is 6.64. The van der Waals surface area contributed by atoms with Crippen LogP contribution >= 0.6 is 0 Å². The first kappa shape index (κ1) is 16.7. The van der Waals surface area contributed by atoms with Crippen LogP contribution in [0.3, 0.4) is 0 Å². The summed E-state index contributed by atoms with van der Waals surface area (Å²) in [5, 5.41) is 19.1. The molecular weight excluding hydrogens is 301 g/mol. The molecule has 1 aromatic rings. The number of alkyl halides is 3. The Bertz CT molecular complexity index is 518. The van der Waals surface area contributed by atoms with E-state index < -0.39 is 24.6 Å². The van der Waals surface area contributed by atoms with Gasteiger partial charge in [0, 0.05) is 24.8 Å². The molecule has 1 saturated carbocycles. The minimum absolute atomic E-state index is 0.0254. The third-order valence-corrected chi connectivity index (χ3v) is 3.83. The second-order valence-electron chi connectivity index (χ2n) is 5.59. The van der Waals surface area contributed by atoms with Gasteiger partial charge in [-0.15, -0.1) is 0 Å². The molecule has 22 heavy (non-hydrogen) atoms. The van der Waals surface area contributed by atoms with Crippen LogP contribution in [0.1, 0.15) is 43.8 Å². The van der Waals surface area contributed by atoms with Crippen molar-refractivity contribution < 1.29 is 23.1 Å². The number of aryl methyl sites for hydroxylation is 1. The fourth-order valence-corrected chi connectivity index (χ4v) is 2.67. The van der Waals surface area contributed by atoms with Gasteiger partial charge in [0.05, 0.1) is 6.10 Å². The van der Waals surface area contributed by atoms with Gasteiger partial charge in [0.25, 0.3) is 0 Å². The van der Waals surface area contributed by atoms with Crippen LogP contribution in [0, 0.1) is 5.92 Å². The Balaban J connectivity index is 1.85. The van der Waals surface area contributed by atoms with Crippen LogP contribution in [-0.4, -0.2) is 45.0 Å². The average Bonchev–Trinajstić information content (AvgIpc) is 3.00. The number of halogens is 3. The second-order valence-corrected chi connectivity index (χ2v) is 5.59. The Morgan fingerprint density at radius 2 is 2.18 bits per heavy atom. The van der Waals surface area contributed by atoms with E-state index in [1.54, 1.807) is 0 Å². The summed E-state index contributed by atoms with van der Waals surface area (Å²) in [6.45, 7) is 1.96. The van der Waals surface area contributed by atoms with Crippen molar-refractivity contribution in [1.82, 2.24) is 20.5 Å². The zero-order valence-corrected chi connectivity index (χ0v) is 12.2. The zero-order chi connectivity index (χ0) is 16.3. The lowest BCUT2D eigenvalue weighted by Crippen LogP contribution is -2.34. The fraction of sp³-hybridized carbons (Fsp3) is 0.769. The van der Waals surface area contributed by atoms with Crippen molar-refractivity contribution in [1.29, 1.82) is 0 Å². The molecule has 1 amide bonds. The first-order valence-electron chi connectivity index (χ1n) is 7.21. The maximum absolute atomic E-state index is 12.1. The molecule has 3 atom stereocenters. The molecule has 1 aromatic heterocycles. The molecular formula is C13H19F3N4O2. The van der Waals surface area contributed by atoms with E-state index in [9.17, 15) is 23.1 Å². The van der Waals surface area contributed by atoms with E-state index in [1.165, 1.54) is 0 Å². The summed E-state index contributed by atoms with van der Waals surface area (Å²) in [5.41, 5.74) is 0. The molecule has 0 bridgehead atoms. The van der Waals surface area contributed by atoms with E-state index in [1.807, 2.05) is 6.92 Å². The number of hydrogen-bond donors (Lipinski definition) is 3.